The summed E-state index contributed by atoms with van der Waals surface area (Å²) in [6.45, 7) is 6.62. The van der Waals surface area contributed by atoms with Crippen LogP contribution < -0.4 is 5.69 Å². The number of carbonyl (C=O) groups excluding carboxylic acids is 1. The molecule has 0 saturated carbocycles. The van der Waals surface area contributed by atoms with E-state index in [4.69, 9.17) is 16.3 Å². The standard InChI is InChI=1S/C15H19ClN4O3/c1-15(2,3)23-14(22)20-5-4-8(7-20)11-9(16)6-10-12(18-11)19-13(21)17-10/h6,8H,4-5,7H2,1-3H3,(H2,17,18,19,21)/t8-/m1/s1. The van der Waals surface area contributed by atoms with Crippen molar-refractivity contribution in [2.75, 3.05) is 13.1 Å². The van der Waals surface area contributed by atoms with E-state index in [1.165, 1.54) is 0 Å². The lowest BCUT2D eigenvalue weighted by Crippen LogP contribution is -2.35. The predicted octanol–water partition coefficient (Wildman–Crippen LogP) is 2.63. The van der Waals surface area contributed by atoms with Gasteiger partial charge in [0.15, 0.2) is 5.65 Å². The Labute approximate surface area is 138 Å². The third-order valence-electron chi connectivity index (χ3n) is 3.71. The molecule has 2 aromatic heterocycles. The van der Waals surface area contributed by atoms with Gasteiger partial charge in [-0.2, -0.15) is 0 Å². The number of likely N-dealkylation sites (tertiary alicyclic amines) is 1. The predicted molar refractivity (Wildman–Crippen MR) is 86.9 cm³/mol. The molecule has 3 rings (SSSR count). The lowest BCUT2D eigenvalue weighted by Gasteiger charge is -2.24. The maximum absolute atomic E-state index is 12.1. The number of pyridine rings is 1. The van der Waals surface area contributed by atoms with E-state index in [1.54, 1.807) is 11.0 Å². The minimum Gasteiger partial charge on any atom is -0.444 e. The molecule has 1 saturated heterocycles. The van der Waals surface area contributed by atoms with E-state index in [9.17, 15) is 9.59 Å². The van der Waals surface area contributed by atoms with Gasteiger partial charge in [0, 0.05) is 19.0 Å². The summed E-state index contributed by atoms with van der Waals surface area (Å²) in [5.41, 5.74) is 0.910. The van der Waals surface area contributed by atoms with Gasteiger partial charge in [-0.25, -0.2) is 14.6 Å². The van der Waals surface area contributed by atoms with Crippen LogP contribution in [-0.2, 0) is 4.74 Å². The number of ether oxygens (including phenoxy) is 1. The molecule has 0 aromatic carbocycles. The summed E-state index contributed by atoms with van der Waals surface area (Å²) < 4.78 is 5.39. The zero-order valence-corrected chi connectivity index (χ0v) is 14.0. The number of amides is 1. The average Bonchev–Trinajstić information content (AvgIpc) is 3.01. The second-order valence-corrected chi connectivity index (χ2v) is 7.15. The summed E-state index contributed by atoms with van der Waals surface area (Å²) >= 11 is 6.29. The summed E-state index contributed by atoms with van der Waals surface area (Å²) in [4.78, 5) is 34.8. The molecule has 1 amide bonds. The monoisotopic (exact) mass is 338 g/mol. The summed E-state index contributed by atoms with van der Waals surface area (Å²) in [6, 6.07) is 1.69. The van der Waals surface area contributed by atoms with Crippen LogP contribution in [0.4, 0.5) is 4.79 Å². The largest absolute Gasteiger partial charge is 0.444 e. The minimum atomic E-state index is -0.519. The summed E-state index contributed by atoms with van der Waals surface area (Å²) in [5.74, 6) is 0.0258. The second kappa shape index (κ2) is 5.56. The van der Waals surface area contributed by atoms with Crippen LogP contribution in [0, 0.1) is 0 Å². The Morgan fingerprint density at radius 2 is 2.17 bits per heavy atom. The van der Waals surface area contributed by atoms with E-state index in [-0.39, 0.29) is 17.7 Å². The van der Waals surface area contributed by atoms with E-state index < -0.39 is 5.60 Å². The van der Waals surface area contributed by atoms with E-state index >= 15 is 0 Å². The number of nitrogens with zero attached hydrogens (tertiary/aromatic N) is 2. The van der Waals surface area contributed by atoms with Gasteiger partial charge in [-0.3, -0.25) is 4.98 Å². The maximum Gasteiger partial charge on any atom is 0.410 e. The molecule has 1 aliphatic rings. The molecule has 2 aromatic rings. The van der Waals surface area contributed by atoms with Crippen LogP contribution in [0.1, 0.15) is 38.8 Å². The average molecular weight is 339 g/mol. The van der Waals surface area contributed by atoms with Crippen molar-refractivity contribution < 1.29 is 9.53 Å². The first kappa shape index (κ1) is 15.9. The number of H-pyrrole nitrogens is 2. The third-order valence-corrected chi connectivity index (χ3v) is 4.01. The SMILES string of the molecule is CC(C)(C)OC(=O)N1CC[C@@H](c2nc3[nH]c(=O)[nH]c3cc2Cl)C1. The zero-order valence-electron chi connectivity index (χ0n) is 13.3. The number of rotatable bonds is 1. The van der Waals surface area contributed by atoms with E-state index in [0.29, 0.717) is 35.0 Å². The first-order valence-electron chi connectivity index (χ1n) is 7.49. The first-order valence-corrected chi connectivity index (χ1v) is 7.87. The fourth-order valence-electron chi connectivity index (χ4n) is 2.72. The number of imidazole rings is 1. The molecule has 8 heteroatoms. The van der Waals surface area contributed by atoms with E-state index in [0.717, 1.165) is 6.42 Å². The van der Waals surface area contributed by atoms with E-state index in [2.05, 4.69) is 15.0 Å². The van der Waals surface area contributed by atoms with Crippen molar-refractivity contribution in [3.8, 4) is 0 Å². The Bertz CT molecular complexity index is 805. The third kappa shape index (κ3) is 3.34. The van der Waals surface area contributed by atoms with Gasteiger partial charge in [0.25, 0.3) is 0 Å². The Balaban J connectivity index is 1.80. The van der Waals surface area contributed by atoms with Crippen molar-refractivity contribution in [2.45, 2.75) is 38.7 Å². The molecule has 0 unspecified atom stereocenters. The zero-order chi connectivity index (χ0) is 16.8. The van der Waals surface area contributed by atoms with Gasteiger partial charge in [0.05, 0.1) is 16.2 Å². The van der Waals surface area contributed by atoms with Crippen LogP contribution in [0.15, 0.2) is 10.9 Å². The number of nitrogens with one attached hydrogen (secondary N) is 2. The minimum absolute atomic E-state index is 0.0258. The van der Waals surface area contributed by atoms with Gasteiger partial charge in [0.1, 0.15) is 5.60 Å². The Morgan fingerprint density at radius 1 is 1.43 bits per heavy atom. The lowest BCUT2D eigenvalue weighted by molar-refractivity contribution is 0.0292. The van der Waals surface area contributed by atoms with Crippen LogP contribution in [0.2, 0.25) is 5.02 Å². The highest BCUT2D eigenvalue weighted by Gasteiger charge is 2.32. The highest BCUT2D eigenvalue weighted by atomic mass is 35.5. The van der Waals surface area contributed by atoms with Crippen molar-refractivity contribution in [1.82, 2.24) is 19.9 Å². The topological polar surface area (TPSA) is 91.1 Å². The molecule has 7 nitrogen and oxygen atoms in total. The van der Waals surface area contributed by atoms with Crippen molar-refractivity contribution in [2.24, 2.45) is 0 Å². The molecule has 1 atom stereocenters. The highest BCUT2D eigenvalue weighted by Crippen LogP contribution is 2.32. The maximum atomic E-state index is 12.1. The summed E-state index contributed by atoms with van der Waals surface area (Å²) in [5, 5.41) is 0.490. The van der Waals surface area contributed by atoms with Gasteiger partial charge in [-0.1, -0.05) is 11.6 Å². The fraction of sp³-hybridized carbons (Fsp3) is 0.533. The molecule has 1 aliphatic heterocycles. The molecular formula is C15H19ClN4O3. The smallest absolute Gasteiger partial charge is 0.410 e. The summed E-state index contributed by atoms with van der Waals surface area (Å²) in [6.07, 6.45) is 0.429. The molecule has 0 aliphatic carbocycles. The molecule has 0 bridgehead atoms. The Hall–Kier alpha value is -2.02. The first-order chi connectivity index (χ1) is 10.7. The van der Waals surface area contributed by atoms with Crippen LogP contribution in [0.3, 0.4) is 0 Å². The van der Waals surface area contributed by atoms with Gasteiger partial charge in [-0.15, -0.1) is 0 Å². The highest BCUT2D eigenvalue weighted by molar-refractivity contribution is 6.31. The van der Waals surface area contributed by atoms with E-state index in [1.807, 2.05) is 20.8 Å². The van der Waals surface area contributed by atoms with Crippen LogP contribution >= 0.6 is 11.6 Å². The quantitative estimate of drug-likeness (QED) is 0.836. The normalized spacial score (nSPS) is 18.6. The summed E-state index contributed by atoms with van der Waals surface area (Å²) in [7, 11) is 0. The molecule has 2 N–H and O–H groups in total. The van der Waals surface area contributed by atoms with Gasteiger partial charge < -0.3 is 14.6 Å². The van der Waals surface area contributed by atoms with Crippen LogP contribution in [-0.4, -0.2) is 44.6 Å². The number of hydrogen-bond acceptors (Lipinski definition) is 4. The van der Waals surface area contributed by atoms with Gasteiger partial charge in [0.2, 0.25) is 0 Å². The van der Waals surface area contributed by atoms with Gasteiger partial charge in [-0.05, 0) is 33.3 Å². The lowest BCUT2D eigenvalue weighted by atomic mass is 10.0. The molecule has 124 valence electrons. The molecule has 0 radical (unpaired) electrons. The number of carbonyl (C=O) groups is 1. The van der Waals surface area contributed by atoms with Crippen LogP contribution in [0.5, 0.6) is 0 Å². The van der Waals surface area contributed by atoms with Gasteiger partial charge >= 0.3 is 11.8 Å². The van der Waals surface area contributed by atoms with Crippen molar-refractivity contribution in [3.05, 3.63) is 27.3 Å². The number of hydrogen-bond donors (Lipinski definition) is 2. The Morgan fingerprint density at radius 3 is 2.87 bits per heavy atom. The number of aromatic nitrogens is 3. The molecule has 1 fully saturated rings. The number of fused-ring (bicyclic) bond motifs is 1. The van der Waals surface area contributed by atoms with Crippen molar-refractivity contribution in [3.63, 3.8) is 0 Å². The van der Waals surface area contributed by atoms with Crippen molar-refractivity contribution in [1.29, 1.82) is 0 Å². The van der Waals surface area contributed by atoms with Crippen molar-refractivity contribution >= 4 is 28.9 Å². The molecule has 3 heterocycles. The fourth-order valence-corrected chi connectivity index (χ4v) is 3.02. The molecular weight excluding hydrogens is 320 g/mol. The number of halogens is 1. The second-order valence-electron chi connectivity index (χ2n) is 6.74. The number of aromatic amines is 2. The van der Waals surface area contributed by atoms with Crippen LogP contribution in [0.25, 0.3) is 11.2 Å². The Kier molecular flexibility index (Phi) is 3.83. The molecule has 0 spiro atoms. The molecule has 23 heavy (non-hydrogen) atoms.